The van der Waals surface area contributed by atoms with Crippen LogP contribution in [-0.4, -0.2) is 25.8 Å². The van der Waals surface area contributed by atoms with Gasteiger partial charge in [-0.25, -0.2) is 4.99 Å². The zero-order valence-electron chi connectivity index (χ0n) is 7.93. The molecule has 2 rings (SSSR count). The van der Waals surface area contributed by atoms with Crippen molar-refractivity contribution >= 4 is 11.6 Å². The number of benzene rings is 1. The molecular weight excluding hydrogens is 180 g/mol. The molecule has 0 radical (unpaired) electrons. The van der Waals surface area contributed by atoms with Crippen molar-refractivity contribution in [3.05, 3.63) is 29.8 Å². The molecule has 0 spiro atoms. The first-order chi connectivity index (χ1) is 6.79. The van der Waals surface area contributed by atoms with Crippen LogP contribution in [0.1, 0.15) is 5.56 Å². The van der Waals surface area contributed by atoms with Crippen molar-refractivity contribution in [2.75, 3.05) is 19.5 Å². The van der Waals surface area contributed by atoms with Gasteiger partial charge in [-0.05, 0) is 24.3 Å². The van der Waals surface area contributed by atoms with Gasteiger partial charge in [0.25, 0.3) is 0 Å². The van der Waals surface area contributed by atoms with Gasteiger partial charge in [0, 0.05) is 18.4 Å². The maximum atomic E-state index is 5.57. The topological polar surface area (TPSA) is 56.8 Å². The van der Waals surface area contributed by atoms with Gasteiger partial charge >= 0.3 is 0 Å². The number of rotatable bonds is 2. The SMILES string of the molecule is COC1COC(c2ccc(N)cc2)=N1. The first-order valence-electron chi connectivity index (χ1n) is 4.39. The Morgan fingerprint density at radius 3 is 2.71 bits per heavy atom. The third kappa shape index (κ3) is 1.70. The summed E-state index contributed by atoms with van der Waals surface area (Å²) < 4.78 is 10.4. The van der Waals surface area contributed by atoms with Gasteiger partial charge in [-0.3, -0.25) is 0 Å². The smallest absolute Gasteiger partial charge is 0.218 e. The van der Waals surface area contributed by atoms with Crippen LogP contribution >= 0.6 is 0 Å². The van der Waals surface area contributed by atoms with Crippen LogP contribution in [0.25, 0.3) is 0 Å². The number of nitrogen functional groups attached to an aromatic ring is 1. The van der Waals surface area contributed by atoms with E-state index in [0.717, 1.165) is 11.3 Å². The molecular formula is C10H12N2O2. The molecule has 1 heterocycles. The Balaban J connectivity index is 2.20. The largest absolute Gasteiger partial charge is 0.473 e. The Bertz CT molecular complexity index is 346. The molecule has 0 bridgehead atoms. The van der Waals surface area contributed by atoms with Gasteiger partial charge in [-0.1, -0.05) is 0 Å². The predicted octanol–water partition coefficient (Wildman–Crippen LogP) is 1.02. The number of aliphatic imine (C=N–C) groups is 1. The van der Waals surface area contributed by atoms with Crippen LogP contribution in [0.2, 0.25) is 0 Å². The molecule has 0 fully saturated rings. The third-order valence-corrected chi connectivity index (χ3v) is 2.05. The van der Waals surface area contributed by atoms with Crippen molar-refractivity contribution in [1.29, 1.82) is 0 Å². The van der Waals surface area contributed by atoms with E-state index in [2.05, 4.69) is 4.99 Å². The van der Waals surface area contributed by atoms with Crippen LogP contribution in [-0.2, 0) is 9.47 Å². The monoisotopic (exact) mass is 192 g/mol. The van der Waals surface area contributed by atoms with Gasteiger partial charge in [0.15, 0.2) is 6.23 Å². The molecule has 4 heteroatoms. The molecule has 0 aromatic heterocycles. The molecule has 74 valence electrons. The van der Waals surface area contributed by atoms with Crippen LogP contribution in [0, 0.1) is 0 Å². The van der Waals surface area contributed by atoms with E-state index in [1.165, 1.54) is 0 Å². The van der Waals surface area contributed by atoms with Crippen molar-refractivity contribution < 1.29 is 9.47 Å². The number of anilines is 1. The summed E-state index contributed by atoms with van der Waals surface area (Å²) in [4.78, 5) is 4.24. The van der Waals surface area contributed by atoms with Gasteiger partial charge in [0.1, 0.15) is 6.61 Å². The molecule has 4 nitrogen and oxygen atoms in total. The molecule has 0 aliphatic carbocycles. The Labute approximate surface area is 82.3 Å². The molecule has 1 atom stereocenters. The Morgan fingerprint density at radius 1 is 1.43 bits per heavy atom. The van der Waals surface area contributed by atoms with Gasteiger partial charge in [-0.2, -0.15) is 0 Å². The maximum Gasteiger partial charge on any atom is 0.218 e. The van der Waals surface area contributed by atoms with Gasteiger partial charge in [-0.15, -0.1) is 0 Å². The quantitative estimate of drug-likeness (QED) is 0.712. The molecule has 1 aromatic rings. The maximum absolute atomic E-state index is 5.57. The fourth-order valence-electron chi connectivity index (χ4n) is 1.26. The highest BCUT2D eigenvalue weighted by molar-refractivity contribution is 5.95. The Morgan fingerprint density at radius 2 is 2.14 bits per heavy atom. The third-order valence-electron chi connectivity index (χ3n) is 2.05. The van der Waals surface area contributed by atoms with Crippen LogP contribution in [0.3, 0.4) is 0 Å². The number of nitrogens with zero attached hydrogens (tertiary/aromatic N) is 1. The predicted molar refractivity (Wildman–Crippen MR) is 54.1 cm³/mol. The minimum absolute atomic E-state index is 0.178. The van der Waals surface area contributed by atoms with Crippen molar-refractivity contribution in [3.63, 3.8) is 0 Å². The van der Waals surface area contributed by atoms with E-state index in [9.17, 15) is 0 Å². The minimum atomic E-state index is -0.178. The number of ether oxygens (including phenoxy) is 2. The summed E-state index contributed by atoms with van der Waals surface area (Å²) in [5.41, 5.74) is 7.23. The second kappa shape index (κ2) is 3.67. The number of hydrogen-bond donors (Lipinski definition) is 1. The second-order valence-corrected chi connectivity index (χ2v) is 3.06. The average molecular weight is 192 g/mol. The lowest BCUT2D eigenvalue weighted by Crippen LogP contribution is -2.07. The van der Waals surface area contributed by atoms with Crippen molar-refractivity contribution in [3.8, 4) is 0 Å². The van der Waals surface area contributed by atoms with Gasteiger partial charge in [0.05, 0.1) is 0 Å². The van der Waals surface area contributed by atoms with Gasteiger partial charge < -0.3 is 15.2 Å². The van der Waals surface area contributed by atoms with E-state index < -0.39 is 0 Å². The summed E-state index contributed by atoms with van der Waals surface area (Å²) in [6, 6.07) is 7.40. The molecule has 0 saturated heterocycles. The summed E-state index contributed by atoms with van der Waals surface area (Å²) in [7, 11) is 1.61. The molecule has 14 heavy (non-hydrogen) atoms. The average Bonchev–Trinajstić information content (AvgIpc) is 2.67. The number of hydrogen-bond acceptors (Lipinski definition) is 4. The normalized spacial score (nSPS) is 20.4. The van der Waals surface area contributed by atoms with E-state index in [0.29, 0.717) is 12.5 Å². The van der Waals surface area contributed by atoms with E-state index in [-0.39, 0.29) is 6.23 Å². The standard InChI is InChI=1S/C10H12N2O2/c1-13-9-6-14-10(12-9)7-2-4-8(11)5-3-7/h2-5,9H,6,11H2,1H3. The number of methoxy groups -OCH3 is 1. The lowest BCUT2D eigenvalue weighted by atomic mass is 10.2. The first-order valence-corrected chi connectivity index (χ1v) is 4.39. The molecule has 0 amide bonds. The second-order valence-electron chi connectivity index (χ2n) is 3.06. The van der Waals surface area contributed by atoms with Crippen molar-refractivity contribution in [2.45, 2.75) is 6.23 Å². The highest BCUT2D eigenvalue weighted by atomic mass is 16.6. The van der Waals surface area contributed by atoms with Crippen LogP contribution in [0.4, 0.5) is 5.69 Å². The van der Waals surface area contributed by atoms with Crippen LogP contribution < -0.4 is 5.73 Å². The fourth-order valence-corrected chi connectivity index (χ4v) is 1.26. The zero-order chi connectivity index (χ0) is 9.97. The lowest BCUT2D eigenvalue weighted by Gasteiger charge is -2.00. The van der Waals surface area contributed by atoms with E-state index in [1.54, 1.807) is 7.11 Å². The summed E-state index contributed by atoms with van der Waals surface area (Å²) in [5, 5.41) is 0. The summed E-state index contributed by atoms with van der Waals surface area (Å²) in [6.45, 7) is 0.482. The van der Waals surface area contributed by atoms with Gasteiger partial charge in [0.2, 0.25) is 5.90 Å². The molecule has 1 aliphatic rings. The Hall–Kier alpha value is -1.55. The highest BCUT2D eigenvalue weighted by Gasteiger charge is 2.18. The van der Waals surface area contributed by atoms with Crippen LogP contribution in [0.5, 0.6) is 0 Å². The Kier molecular flexibility index (Phi) is 2.37. The lowest BCUT2D eigenvalue weighted by molar-refractivity contribution is 0.0833. The summed E-state index contributed by atoms with van der Waals surface area (Å²) >= 11 is 0. The van der Waals surface area contributed by atoms with E-state index in [4.69, 9.17) is 15.2 Å². The fraction of sp³-hybridized carbons (Fsp3) is 0.300. The first kappa shape index (κ1) is 9.02. The highest BCUT2D eigenvalue weighted by Crippen LogP contribution is 2.13. The molecule has 1 aromatic carbocycles. The molecule has 1 aliphatic heterocycles. The summed E-state index contributed by atoms with van der Waals surface area (Å²) in [6.07, 6.45) is -0.178. The van der Waals surface area contributed by atoms with E-state index in [1.807, 2.05) is 24.3 Å². The van der Waals surface area contributed by atoms with Crippen LogP contribution in [0.15, 0.2) is 29.3 Å². The minimum Gasteiger partial charge on any atom is -0.473 e. The van der Waals surface area contributed by atoms with Crippen molar-refractivity contribution in [2.24, 2.45) is 4.99 Å². The van der Waals surface area contributed by atoms with E-state index >= 15 is 0 Å². The number of nitrogens with two attached hydrogens (primary N) is 1. The summed E-state index contributed by atoms with van der Waals surface area (Å²) in [5.74, 6) is 0.622. The van der Waals surface area contributed by atoms with Crippen molar-refractivity contribution in [1.82, 2.24) is 0 Å². The zero-order valence-corrected chi connectivity index (χ0v) is 7.93. The molecule has 1 unspecified atom stereocenters. The molecule has 2 N–H and O–H groups in total. The molecule has 0 saturated carbocycles.